The molecule has 0 saturated heterocycles. The van der Waals surface area contributed by atoms with E-state index in [4.69, 9.17) is 10.5 Å². The second kappa shape index (κ2) is 6.26. The van der Waals surface area contributed by atoms with Crippen molar-refractivity contribution in [3.8, 4) is 5.75 Å². The number of carbonyl (C=O) groups is 1. The molecule has 0 atom stereocenters. The van der Waals surface area contributed by atoms with Crippen molar-refractivity contribution in [1.29, 1.82) is 0 Å². The van der Waals surface area contributed by atoms with E-state index in [9.17, 15) is 9.18 Å². The van der Waals surface area contributed by atoms with E-state index in [1.807, 2.05) is 0 Å². The van der Waals surface area contributed by atoms with Crippen LogP contribution in [0.15, 0.2) is 36.4 Å². The van der Waals surface area contributed by atoms with Crippen LogP contribution in [0.25, 0.3) is 0 Å². The zero-order valence-electron chi connectivity index (χ0n) is 11.9. The number of nitrogen functional groups attached to an aromatic ring is 1. The molecule has 0 bridgehead atoms. The Morgan fingerprint density at radius 1 is 1.24 bits per heavy atom. The van der Waals surface area contributed by atoms with Gasteiger partial charge >= 0.3 is 5.97 Å². The topological polar surface area (TPSA) is 61.5 Å². The SMILES string of the molecule is COC(=O)c1ccc(N)c(OCc2ccc(F)cc2C)c1. The van der Waals surface area contributed by atoms with Crippen LogP contribution in [0.2, 0.25) is 0 Å². The number of hydrogen-bond acceptors (Lipinski definition) is 4. The van der Waals surface area contributed by atoms with Crippen molar-refractivity contribution in [2.45, 2.75) is 13.5 Å². The molecule has 0 radical (unpaired) electrons. The van der Waals surface area contributed by atoms with Crippen molar-refractivity contribution in [1.82, 2.24) is 0 Å². The smallest absolute Gasteiger partial charge is 0.337 e. The standard InChI is InChI=1S/C16H16FNO3/c1-10-7-13(17)5-3-12(10)9-21-15-8-11(16(19)20-2)4-6-14(15)18/h3-8H,9,18H2,1-2H3. The quantitative estimate of drug-likeness (QED) is 0.694. The lowest BCUT2D eigenvalue weighted by molar-refractivity contribution is 0.0600. The van der Waals surface area contributed by atoms with E-state index in [-0.39, 0.29) is 12.4 Å². The molecule has 2 rings (SSSR count). The predicted octanol–water partition coefficient (Wildman–Crippen LogP) is 3.08. The lowest BCUT2D eigenvalue weighted by atomic mass is 10.1. The highest BCUT2D eigenvalue weighted by Gasteiger charge is 2.10. The Bertz CT molecular complexity index is 671. The van der Waals surface area contributed by atoms with Crippen LogP contribution in [-0.2, 0) is 11.3 Å². The number of carbonyl (C=O) groups excluding carboxylic acids is 1. The number of nitrogens with two attached hydrogens (primary N) is 1. The molecular weight excluding hydrogens is 273 g/mol. The van der Waals surface area contributed by atoms with Gasteiger partial charge in [-0.15, -0.1) is 0 Å². The molecule has 2 aromatic rings. The maximum absolute atomic E-state index is 13.0. The van der Waals surface area contributed by atoms with Gasteiger partial charge in [0.1, 0.15) is 18.2 Å². The Labute approximate surface area is 122 Å². The first-order valence-corrected chi connectivity index (χ1v) is 6.37. The predicted molar refractivity (Wildman–Crippen MR) is 77.7 cm³/mol. The lowest BCUT2D eigenvalue weighted by Gasteiger charge is -2.12. The Morgan fingerprint density at radius 2 is 2.00 bits per heavy atom. The molecule has 2 N–H and O–H groups in total. The molecule has 0 saturated carbocycles. The summed E-state index contributed by atoms with van der Waals surface area (Å²) in [6, 6.07) is 9.15. The van der Waals surface area contributed by atoms with E-state index in [2.05, 4.69) is 4.74 Å². The van der Waals surface area contributed by atoms with Gasteiger partial charge in [-0.05, 0) is 48.4 Å². The molecule has 0 aliphatic carbocycles. The fourth-order valence-corrected chi connectivity index (χ4v) is 1.88. The molecule has 0 aliphatic rings. The fourth-order valence-electron chi connectivity index (χ4n) is 1.88. The van der Waals surface area contributed by atoms with Gasteiger partial charge in [0.25, 0.3) is 0 Å². The largest absolute Gasteiger partial charge is 0.487 e. The van der Waals surface area contributed by atoms with E-state index in [1.165, 1.54) is 25.3 Å². The first-order chi connectivity index (χ1) is 10.0. The van der Waals surface area contributed by atoms with Crippen molar-refractivity contribution < 1.29 is 18.7 Å². The minimum absolute atomic E-state index is 0.237. The number of anilines is 1. The number of halogens is 1. The van der Waals surface area contributed by atoms with Crippen LogP contribution in [-0.4, -0.2) is 13.1 Å². The molecule has 0 aromatic heterocycles. The first-order valence-electron chi connectivity index (χ1n) is 6.37. The molecule has 0 heterocycles. The van der Waals surface area contributed by atoms with Gasteiger partial charge in [-0.2, -0.15) is 0 Å². The summed E-state index contributed by atoms with van der Waals surface area (Å²) >= 11 is 0. The molecule has 5 heteroatoms. The van der Waals surface area contributed by atoms with Gasteiger partial charge in [-0.25, -0.2) is 9.18 Å². The maximum Gasteiger partial charge on any atom is 0.337 e. The summed E-state index contributed by atoms with van der Waals surface area (Å²) in [5.41, 5.74) is 8.23. The molecular formula is C16H16FNO3. The highest BCUT2D eigenvalue weighted by Crippen LogP contribution is 2.24. The zero-order chi connectivity index (χ0) is 15.4. The summed E-state index contributed by atoms with van der Waals surface area (Å²) < 4.78 is 23.3. The van der Waals surface area contributed by atoms with Crippen molar-refractivity contribution in [2.75, 3.05) is 12.8 Å². The number of rotatable bonds is 4. The van der Waals surface area contributed by atoms with Crippen LogP contribution in [0.1, 0.15) is 21.5 Å². The van der Waals surface area contributed by atoms with E-state index < -0.39 is 5.97 Å². The molecule has 0 unspecified atom stereocenters. The summed E-state index contributed by atoms with van der Waals surface area (Å²) in [7, 11) is 1.31. The van der Waals surface area contributed by atoms with Crippen LogP contribution in [0.3, 0.4) is 0 Å². The second-order valence-electron chi connectivity index (χ2n) is 4.60. The van der Waals surface area contributed by atoms with Gasteiger partial charge in [0.05, 0.1) is 18.4 Å². The van der Waals surface area contributed by atoms with Gasteiger partial charge in [-0.3, -0.25) is 0 Å². The van der Waals surface area contributed by atoms with Gasteiger partial charge < -0.3 is 15.2 Å². The highest BCUT2D eigenvalue weighted by molar-refractivity contribution is 5.90. The third kappa shape index (κ3) is 3.51. The third-order valence-corrected chi connectivity index (χ3v) is 3.12. The van der Waals surface area contributed by atoms with Gasteiger partial charge in [-0.1, -0.05) is 6.07 Å². The Morgan fingerprint density at radius 3 is 2.67 bits per heavy atom. The molecule has 0 fully saturated rings. The van der Waals surface area contributed by atoms with Crippen LogP contribution >= 0.6 is 0 Å². The molecule has 0 spiro atoms. The minimum atomic E-state index is -0.460. The van der Waals surface area contributed by atoms with Crippen LogP contribution in [0.5, 0.6) is 5.75 Å². The number of methoxy groups -OCH3 is 1. The number of aryl methyl sites for hydroxylation is 1. The number of hydrogen-bond donors (Lipinski definition) is 1. The Hall–Kier alpha value is -2.56. The molecule has 0 aliphatic heterocycles. The van der Waals surface area contributed by atoms with Crippen molar-refractivity contribution in [3.63, 3.8) is 0 Å². The second-order valence-corrected chi connectivity index (χ2v) is 4.60. The summed E-state index contributed by atoms with van der Waals surface area (Å²) in [6.45, 7) is 2.04. The fraction of sp³-hybridized carbons (Fsp3) is 0.188. The summed E-state index contributed by atoms with van der Waals surface area (Å²) in [5.74, 6) is -0.358. The average molecular weight is 289 g/mol. The highest BCUT2D eigenvalue weighted by atomic mass is 19.1. The van der Waals surface area contributed by atoms with Crippen molar-refractivity contribution >= 4 is 11.7 Å². The monoisotopic (exact) mass is 289 g/mol. The van der Waals surface area contributed by atoms with E-state index in [0.717, 1.165) is 11.1 Å². The van der Waals surface area contributed by atoms with Crippen molar-refractivity contribution in [3.05, 3.63) is 58.9 Å². The number of esters is 1. The Kier molecular flexibility index (Phi) is 4.42. The maximum atomic E-state index is 13.0. The van der Waals surface area contributed by atoms with Gasteiger partial charge in [0.15, 0.2) is 0 Å². The molecule has 110 valence electrons. The van der Waals surface area contributed by atoms with E-state index in [1.54, 1.807) is 25.1 Å². The Balaban J connectivity index is 2.17. The summed E-state index contributed by atoms with van der Waals surface area (Å²) in [4.78, 5) is 11.5. The van der Waals surface area contributed by atoms with Gasteiger partial charge in [0, 0.05) is 0 Å². The van der Waals surface area contributed by atoms with Crippen LogP contribution in [0.4, 0.5) is 10.1 Å². The molecule has 21 heavy (non-hydrogen) atoms. The zero-order valence-corrected chi connectivity index (χ0v) is 11.9. The molecule has 2 aromatic carbocycles. The van der Waals surface area contributed by atoms with E-state index >= 15 is 0 Å². The first kappa shape index (κ1) is 14.8. The van der Waals surface area contributed by atoms with Crippen LogP contribution < -0.4 is 10.5 Å². The summed E-state index contributed by atoms with van der Waals surface area (Å²) in [5, 5.41) is 0. The molecule has 4 nitrogen and oxygen atoms in total. The van der Waals surface area contributed by atoms with Gasteiger partial charge in [0.2, 0.25) is 0 Å². The lowest BCUT2D eigenvalue weighted by Crippen LogP contribution is -2.05. The number of benzene rings is 2. The average Bonchev–Trinajstić information content (AvgIpc) is 2.47. The van der Waals surface area contributed by atoms with Crippen LogP contribution in [0, 0.1) is 12.7 Å². The van der Waals surface area contributed by atoms with Crippen molar-refractivity contribution in [2.24, 2.45) is 0 Å². The summed E-state index contributed by atoms with van der Waals surface area (Å²) in [6.07, 6.45) is 0. The number of ether oxygens (including phenoxy) is 2. The van der Waals surface area contributed by atoms with E-state index in [0.29, 0.717) is 17.0 Å². The molecule has 0 amide bonds. The normalized spacial score (nSPS) is 10.2. The third-order valence-electron chi connectivity index (χ3n) is 3.12. The minimum Gasteiger partial charge on any atom is -0.487 e.